The van der Waals surface area contributed by atoms with E-state index in [1.807, 2.05) is 36.4 Å². The molecule has 1 heterocycles. The number of nitrogens with zero attached hydrogens (tertiary/aromatic N) is 1. The van der Waals surface area contributed by atoms with Crippen LogP contribution in [0.15, 0.2) is 42.5 Å². The summed E-state index contributed by atoms with van der Waals surface area (Å²) >= 11 is 12.5. The molecule has 2 aromatic carbocycles. The van der Waals surface area contributed by atoms with Gasteiger partial charge in [-0.2, -0.15) is 0 Å². The van der Waals surface area contributed by atoms with Gasteiger partial charge in [-0.25, -0.2) is 0 Å². The molecule has 1 saturated carbocycles. The van der Waals surface area contributed by atoms with Gasteiger partial charge in [0, 0.05) is 40.8 Å². The number of nitrogens with one attached hydrogen (secondary N) is 2. The second-order valence-electron chi connectivity index (χ2n) is 8.40. The number of amides is 2. The Bertz CT molecular complexity index is 991. The fraction of sp³-hybridized carbons (Fsp3) is 0.417. The number of halogens is 2. The molecular formula is C24H27Cl2N3O2. The summed E-state index contributed by atoms with van der Waals surface area (Å²) in [6.07, 6.45) is 5.72. The molecule has 2 N–H and O–H groups in total. The van der Waals surface area contributed by atoms with E-state index in [1.54, 1.807) is 13.1 Å². The molecular weight excluding hydrogens is 433 g/mol. The zero-order valence-corrected chi connectivity index (χ0v) is 19.1. The maximum atomic E-state index is 13.7. The normalized spacial score (nSPS) is 21.1. The van der Waals surface area contributed by atoms with Crippen molar-refractivity contribution in [2.24, 2.45) is 0 Å². The van der Waals surface area contributed by atoms with Gasteiger partial charge in [0.2, 0.25) is 11.8 Å². The first-order chi connectivity index (χ1) is 14.9. The van der Waals surface area contributed by atoms with E-state index in [9.17, 15) is 9.59 Å². The second-order valence-corrected chi connectivity index (χ2v) is 9.28. The average molecular weight is 460 g/mol. The van der Waals surface area contributed by atoms with Crippen molar-refractivity contribution in [1.29, 1.82) is 0 Å². The number of benzene rings is 2. The van der Waals surface area contributed by atoms with E-state index in [-0.39, 0.29) is 24.4 Å². The molecule has 0 bridgehead atoms. The van der Waals surface area contributed by atoms with Crippen molar-refractivity contribution in [2.75, 3.05) is 18.9 Å². The van der Waals surface area contributed by atoms with E-state index in [4.69, 9.17) is 23.2 Å². The summed E-state index contributed by atoms with van der Waals surface area (Å²) in [5.41, 5.74) is 1.50. The van der Waals surface area contributed by atoms with E-state index >= 15 is 0 Å². The number of carbonyl (C=O) groups is 2. The third kappa shape index (κ3) is 4.32. The highest BCUT2D eigenvalue weighted by Crippen LogP contribution is 2.46. The second kappa shape index (κ2) is 9.19. The first kappa shape index (κ1) is 22.1. The van der Waals surface area contributed by atoms with Gasteiger partial charge in [0.05, 0.1) is 6.54 Å². The monoisotopic (exact) mass is 459 g/mol. The van der Waals surface area contributed by atoms with E-state index in [2.05, 4.69) is 15.5 Å². The van der Waals surface area contributed by atoms with Crippen LogP contribution in [-0.4, -0.2) is 36.3 Å². The van der Waals surface area contributed by atoms with Gasteiger partial charge in [-0.15, -0.1) is 0 Å². The quantitative estimate of drug-likeness (QED) is 0.653. The summed E-state index contributed by atoms with van der Waals surface area (Å²) in [5, 5.41) is 6.97. The summed E-state index contributed by atoms with van der Waals surface area (Å²) in [6.45, 7) is 0.150. The van der Waals surface area contributed by atoms with E-state index < -0.39 is 5.54 Å². The molecule has 1 aliphatic carbocycles. The van der Waals surface area contributed by atoms with Crippen LogP contribution in [0.2, 0.25) is 10.0 Å². The highest BCUT2D eigenvalue weighted by atomic mass is 35.5. The number of carbonyl (C=O) groups excluding carboxylic acids is 2. The summed E-state index contributed by atoms with van der Waals surface area (Å²) < 4.78 is 0. The molecule has 0 saturated heterocycles. The van der Waals surface area contributed by atoms with Crippen LogP contribution in [-0.2, 0) is 21.5 Å². The Balaban J connectivity index is 1.88. The molecule has 7 heteroatoms. The maximum absolute atomic E-state index is 13.7. The van der Waals surface area contributed by atoms with Crippen LogP contribution >= 0.6 is 23.2 Å². The van der Waals surface area contributed by atoms with Crippen molar-refractivity contribution in [3.05, 3.63) is 63.6 Å². The summed E-state index contributed by atoms with van der Waals surface area (Å²) in [4.78, 5) is 28.5. The lowest BCUT2D eigenvalue weighted by molar-refractivity contribution is -0.134. The van der Waals surface area contributed by atoms with Crippen LogP contribution in [0.1, 0.15) is 43.2 Å². The number of anilines is 1. The lowest BCUT2D eigenvalue weighted by Crippen LogP contribution is -2.59. The van der Waals surface area contributed by atoms with E-state index in [1.165, 1.54) is 6.42 Å². The molecule has 5 nitrogen and oxygen atoms in total. The number of rotatable bonds is 6. The van der Waals surface area contributed by atoms with Crippen molar-refractivity contribution in [2.45, 2.75) is 50.1 Å². The minimum Gasteiger partial charge on any atom is -0.358 e. The van der Waals surface area contributed by atoms with Gasteiger partial charge in [-0.1, -0.05) is 60.7 Å². The fourth-order valence-corrected chi connectivity index (χ4v) is 5.42. The molecule has 1 fully saturated rings. The molecule has 164 valence electrons. The first-order valence-corrected chi connectivity index (χ1v) is 11.5. The number of hydrogen-bond donors (Lipinski definition) is 2. The van der Waals surface area contributed by atoms with Crippen LogP contribution in [0, 0.1) is 0 Å². The molecule has 0 radical (unpaired) electrons. The standard InChI is InChI=1S/C24H27Cl2N3O2/c1-27-22(30)15-29(19-8-3-2-4-9-19)24(14-16-6-5-7-17(25)12-16)20-11-10-18(26)13-21(20)28-23(24)31/h5-7,10-13,19H,2-4,8-9,14-15H2,1H3,(H,27,30)(H,28,31). The van der Waals surface area contributed by atoms with Gasteiger partial charge >= 0.3 is 0 Å². The van der Waals surface area contributed by atoms with Crippen LogP contribution in [0.3, 0.4) is 0 Å². The Hall–Kier alpha value is -2.08. The lowest BCUT2D eigenvalue weighted by Gasteiger charge is -2.45. The van der Waals surface area contributed by atoms with E-state index in [0.29, 0.717) is 22.2 Å². The third-order valence-corrected chi connectivity index (χ3v) is 6.97. The van der Waals surface area contributed by atoms with Crippen LogP contribution in [0.5, 0.6) is 0 Å². The minimum absolute atomic E-state index is 0.105. The minimum atomic E-state index is -1.01. The lowest BCUT2D eigenvalue weighted by atomic mass is 9.80. The summed E-state index contributed by atoms with van der Waals surface area (Å²) in [7, 11) is 1.63. The molecule has 0 aromatic heterocycles. The zero-order chi connectivity index (χ0) is 22.0. The Kier molecular flexibility index (Phi) is 6.56. The summed E-state index contributed by atoms with van der Waals surface area (Å²) in [6, 6.07) is 13.2. The third-order valence-electron chi connectivity index (χ3n) is 6.50. The Morgan fingerprint density at radius 3 is 2.58 bits per heavy atom. The Morgan fingerprint density at radius 2 is 1.87 bits per heavy atom. The SMILES string of the molecule is CNC(=O)CN(C1CCCCC1)C1(Cc2cccc(Cl)c2)C(=O)Nc2cc(Cl)ccc21. The van der Waals surface area contributed by atoms with E-state index in [0.717, 1.165) is 36.8 Å². The van der Waals surface area contributed by atoms with Crippen LogP contribution in [0.25, 0.3) is 0 Å². The molecule has 31 heavy (non-hydrogen) atoms. The van der Waals surface area contributed by atoms with Gasteiger partial charge in [-0.05, 0) is 42.7 Å². The molecule has 1 unspecified atom stereocenters. The Morgan fingerprint density at radius 1 is 1.13 bits per heavy atom. The predicted molar refractivity (Wildman–Crippen MR) is 125 cm³/mol. The molecule has 0 spiro atoms. The van der Waals surface area contributed by atoms with Gasteiger partial charge in [0.1, 0.15) is 5.54 Å². The largest absolute Gasteiger partial charge is 0.358 e. The maximum Gasteiger partial charge on any atom is 0.249 e. The van der Waals surface area contributed by atoms with Crippen molar-refractivity contribution in [1.82, 2.24) is 10.2 Å². The zero-order valence-electron chi connectivity index (χ0n) is 17.6. The average Bonchev–Trinajstić information content (AvgIpc) is 3.03. The molecule has 1 atom stereocenters. The van der Waals surface area contributed by atoms with Crippen LogP contribution in [0.4, 0.5) is 5.69 Å². The smallest absolute Gasteiger partial charge is 0.249 e. The van der Waals surface area contributed by atoms with Gasteiger partial charge in [-0.3, -0.25) is 14.5 Å². The number of fused-ring (bicyclic) bond motifs is 1. The van der Waals surface area contributed by atoms with Crippen molar-refractivity contribution >= 4 is 40.7 Å². The van der Waals surface area contributed by atoms with Crippen molar-refractivity contribution in [3.63, 3.8) is 0 Å². The molecule has 2 aliphatic rings. The highest BCUT2D eigenvalue weighted by Gasteiger charge is 2.53. The molecule has 4 rings (SSSR count). The van der Waals surface area contributed by atoms with Crippen LogP contribution < -0.4 is 10.6 Å². The first-order valence-electron chi connectivity index (χ1n) is 10.8. The number of likely N-dealkylation sites (N-methyl/N-ethyl adjacent to an activating group) is 1. The molecule has 1 aliphatic heterocycles. The number of hydrogen-bond acceptors (Lipinski definition) is 3. The summed E-state index contributed by atoms with van der Waals surface area (Å²) in [5.74, 6) is -0.231. The Labute approximate surface area is 193 Å². The predicted octanol–water partition coefficient (Wildman–Crippen LogP) is 4.76. The molecule has 2 amide bonds. The van der Waals surface area contributed by atoms with Crippen molar-refractivity contribution in [3.8, 4) is 0 Å². The van der Waals surface area contributed by atoms with Crippen molar-refractivity contribution < 1.29 is 9.59 Å². The molecule has 2 aromatic rings. The topological polar surface area (TPSA) is 61.4 Å². The fourth-order valence-electron chi connectivity index (χ4n) is 5.04. The highest BCUT2D eigenvalue weighted by molar-refractivity contribution is 6.31. The van der Waals surface area contributed by atoms with Gasteiger partial charge in [0.15, 0.2) is 0 Å². The van der Waals surface area contributed by atoms with Gasteiger partial charge < -0.3 is 10.6 Å². The van der Waals surface area contributed by atoms with Gasteiger partial charge in [0.25, 0.3) is 0 Å².